The Morgan fingerprint density at radius 2 is 1.42 bits per heavy atom. The van der Waals surface area contributed by atoms with E-state index in [1.54, 1.807) is 6.20 Å². The normalized spacial score (nSPS) is 10.3. The van der Waals surface area contributed by atoms with Crippen LogP contribution in [0.2, 0.25) is 0 Å². The van der Waals surface area contributed by atoms with Crippen LogP contribution in [0.1, 0.15) is 0 Å². The Morgan fingerprint density at radius 3 is 2.16 bits per heavy atom. The van der Waals surface area contributed by atoms with Gasteiger partial charge in [0.2, 0.25) is 0 Å². The van der Waals surface area contributed by atoms with Gasteiger partial charge < -0.3 is 5.73 Å². The number of rotatable bonds is 2. The average Bonchev–Trinajstić information content (AvgIpc) is 2.48. The Balaban J connectivity index is 2.12. The van der Waals surface area contributed by atoms with Crippen LogP contribution in [0.15, 0.2) is 72.9 Å². The number of anilines is 1. The highest BCUT2D eigenvalue weighted by Gasteiger charge is 2.04. The minimum Gasteiger partial charge on any atom is -0.399 e. The van der Waals surface area contributed by atoms with Gasteiger partial charge in [-0.1, -0.05) is 36.4 Å². The quantitative estimate of drug-likeness (QED) is 0.694. The van der Waals surface area contributed by atoms with Gasteiger partial charge in [0.25, 0.3) is 0 Å². The topological polar surface area (TPSA) is 38.9 Å². The molecule has 0 atom stereocenters. The van der Waals surface area contributed by atoms with Gasteiger partial charge in [-0.25, -0.2) is 0 Å². The average molecular weight is 246 g/mol. The van der Waals surface area contributed by atoms with E-state index in [1.165, 1.54) is 0 Å². The van der Waals surface area contributed by atoms with Crippen LogP contribution in [-0.2, 0) is 0 Å². The van der Waals surface area contributed by atoms with Crippen molar-refractivity contribution < 1.29 is 0 Å². The molecular weight excluding hydrogens is 232 g/mol. The summed E-state index contributed by atoms with van der Waals surface area (Å²) in [7, 11) is 0. The molecule has 0 bridgehead atoms. The lowest BCUT2D eigenvalue weighted by Crippen LogP contribution is -1.90. The van der Waals surface area contributed by atoms with Gasteiger partial charge >= 0.3 is 0 Å². The van der Waals surface area contributed by atoms with Crippen molar-refractivity contribution in [3.8, 4) is 22.4 Å². The van der Waals surface area contributed by atoms with Gasteiger partial charge in [0.05, 0.1) is 5.69 Å². The molecule has 0 unspecified atom stereocenters. The molecule has 0 spiro atoms. The fourth-order valence-electron chi connectivity index (χ4n) is 2.13. The van der Waals surface area contributed by atoms with Crippen molar-refractivity contribution >= 4 is 5.69 Å². The Bertz CT molecular complexity index is 618. The van der Waals surface area contributed by atoms with E-state index < -0.39 is 0 Å². The van der Waals surface area contributed by atoms with Crippen molar-refractivity contribution in [2.75, 3.05) is 5.73 Å². The van der Waals surface area contributed by atoms with Crippen molar-refractivity contribution in [1.82, 2.24) is 4.98 Å². The third-order valence-corrected chi connectivity index (χ3v) is 3.02. The lowest BCUT2D eigenvalue weighted by Gasteiger charge is -2.07. The molecule has 19 heavy (non-hydrogen) atoms. The zero-order valence-corrected chi connectivity index (χ0v) is 10.5. The molecule has 0 aliphatic rings. The predicted octanol–water partition coefficient (Wildman–Crippen LogP) is 4.00. The minimum atomic E-state index is 0.752. The maximum absolute atomic E-state index is 6.01. The number of nitrogens with two attached hydrogens (primary N) is 1. The second-order valence-electron chi connectivity index (χ2n) is 4.42. The number of hydrogen-bond acceptors (Lipinski definition) is 2. The van der Waals surface area contributed by atoms with E-state index in [0.717, 1.165) is 28.1 Å². The number of nitrogens with zero attached hydrogens (tertiary/aromatic N) is 1. The van der Waals surface area contributed by atoms with Gasteiger partial charge in [-0.15, -0.1) is 0 Å². The van der Waals surface area contributed by atoms with Gasteiger partial charge in [-0.3, -0.25) is 4.98 Å². The van der Waals surface area contributed by atoms with Crippen LogP contribution in [0.25, 0.3) is 22.4 Å². The summed E-state index contributed by atoms with van der Waals surface area (Å²) >= 11 is 0. The molecule has 0 amide bonds. The van der Waals surface area contributed by atoms with Crippen LogP contribution in [0.3, 0.4) is 0 Å². The van der Waals surface area contributed by atoms with Crippen LogP contribution in [-0.4, -0.2) is 4.98 Å². The van der Waals surface area contributed by atoms with Gasteiger partial charge in [0.1, 0.15) is 0 Å². The molecule has 0 aliphatic heterocycles. The second kappa shape index (κ2) is 4.94. The van der Waals surface area contributed by atoms with Crippen molar-refractivity contribution in [2.45, 2.75) is 0 Å². The molecule has 2 nitrogen and oxygen atoms in total. The Labute approximate surface area is 112 Å². The summed E-state index contributed by atoms with van der Waals surface area (Å²) in [6, 6.07) is 22.2. The van der Waals surface area contributed by atoms with Gasteiger partial charge in [-0.2, -0.15) is 0 Å². The maximum Gasteiger partial charge on any atom is 0.0702 e. The summed E-state index contributed by atoms with van der Waals surface area (Å²) < 4.78 is 0. The van der Waals surface area contributed by atoms with E-state index in [1.807, 2.05) is 48.5 Å². The molecule has 3 aromatic rings. The predicted molar refractivity (Wildman–Crippen MR) is 79.5 cm³/mol. The van der Waals surface area contributed by atoms with E-state index in [0.29, 0.717) is 0 Å². The Morgan fingerprint density at radius 1 is 0.684 bits per heavy atom. The highest BCUT2D eigenvalue weighted by molar-refractivity contribution is 5.75. The van der Waals surface area contributed by atoms with Gasteiger partial charge in [-0.05, 0) is 41.5 Å². The molecule has 0 saturated heterocycles. The maximum atomic E-state index is 6.01. The third kappa shape index (κ3) is 2.47. The van der Waals surface area contributed by atoms with Crippen molar-refractivity contribution in [1.29, 1.82) is 0 Å². The monoisotopic (exact) mass is 246 g/mol. The van der Waals surface area contributed by atoms with Crippen molar-refractivity contribution in [2.24, 2.45) is 0 Å². The zero-order chi connectivity index (χ0) is 13.1. The molecule has 92 valence electrons. The second-order valence-corrected chi connectivity index (χ2v) is 4.42. The largest absolute Gasteiger partial charge is 0.399 e. The summed E-state index contributed by atoms with van der Waals surface area (Å²) in [6.45, 7) is 0. The molecular formula is C17H14N2. The fraction of sp³-hybridized carbons (Fsp3) is 0. The molecule has 2 N–H and O–H groups in total. The van der Waals surface area contributed by atoms with Crippen molar-refractivity contribution in [3.63, 3.8) is 0 Å². The van der Waals surface area contributed by atoms with Crippen molar-refractivity contribution in [3.05, 3.63) is 72.9 Å². The van der Waals surface area contributed by atoms with Crippen LogP contribution >= 0.6 is 0 Å². The number of hydrogen-bond donors (Lipinski definition) is 1. The summed E-state index contributed by atoms with van der Waals surface area (Å²) in [5.74, 6) is 0. The smallest absolute Gasteiger partial charge is 0.0702 e. The minimum absolute atomic E-state index is 0.752. The third-order valence-electron chi connectivity index (χ3n) is 3.02. The van der Waals surface area contributed by atoms with Crippen LogP contribution in [0.4, 0.5) is 5.69 Å². The highest BCUT2D eigenvalue weighted by atomic mass is 14.7. The standard InChI is InChI=1S/C17H14N2/c18-16-11-14(13-6-2-1-3-7-13)10-15(12-16)17-8-4-5-9-19-17/h1-12H,18H2. The molecule has 0 fully saturated rings. The number of aromatic nitrogens is 1. The number of nitrogen functional groups attached to an aromatic ring is 1. The first kappa shape index (κ1) is 11.5. The highest BCUT2D eigenvalue weighted by Crippen LogP contribution is 2.28. The van der Waals surface area contributed by atoms with E-state index >= 15 is 0 Å². The number of pyridine rings is 1. The summed E-state index contributed by atoms with van der Waals surface area (Å²) in [5, 5.41) is 0. The summed E-state index contributed by atoms with van der Waals surface area (Å²) in [6.07, 6.45) is 1.79. The van der Waals surface area contributed by atoms with Crippen LogP contribution < -0.4 is 5.73 Å². The summed E-state index contributed by atoms with van der Waals surface area (Å²) in [5.41, 5.74) is 11.0. The van der Waals surface area contributed by atoms with E-state index in [2.05, 4.69) is 23.2 Å². The molecule has 3 rings (SSSR count). The van der Waals surface area contributed by atoms with Crippen LogP contribution in [0, 0.1) is 0 Å². The SMILES string of the molecule is Nc1cc(-c2ccccc2)cc(-c2ccccn2)c1. The lowest BCUT2D eigenvalue weighted by atomic mass is 10.0. The van der Waals surface area contributed by atoms with Gasteiger partial charge in [0, 0.05) is 17.4 Å². The molecule has 0 saturated carbocycles. The summed E-state index contributed by atoms with van der Waals surface area (Å²) in [4.78, 5) is 4.37. The van der Waals surface area contributed by atoms with E-state index in [9.17, 15) is 0 Å². The molecule has 2 heteroatoms. The molecule has 1 aromatic heterocycles. The molecule has 2 aromatic carbocycles. The lowest BCUT2D eigenvalue weighted by molar-refractivity contribution is 1.33. The fourth-order valence-corrected chi connectivity index (χ4v) is 2.13. The first-order chi connectivity index (χ1) is 9.33. The first-order valence-corrected chi connectivity index (χ1v) is 6.20. The Hall–Kier alpha value is -2.61. The Kier molecular flexibility index (Phi) is 2.99. The van der Waals surface area contributed by atoms with Gasteiger partial charge in [0.15, 0.2) is 0 Å². The van der Waals surface area contributed by atoms with Crippen LogP contribution in [0.5, 0.6) is 0 Å². The van der Waals surface area contributed by atoms with E-state index in [4.69, 9.17) is 5.73 Å². The first-order valence-electron chi connectivity index (χ1n) is 6.20. The zero-order valence-electron chi connectivity index (χ0n) is 10.5. The molecule has 0 radical (unpaired) electrons. The molecule has 0 aliphatic carbocycles. The molecule has 1 heterocycles. The number of benzene rings is 2. The van der Waals surface area contributed by atoms with E-state index in [-0.39, 0.29) is 0 Å².